The van der Waals surface area contributed by atoms with Crippen molar-refractivity contribution in [3.05, 3.63) is 16.0 Å². The summed E-state index contributed by atoms with van der Waals surface area (Å²) in [4.78, 5) is 18.6. The van der Waals surface area contributed by atoms with Gasteiger partial charge in [0.2, 0.25) is 0 Å². The van der Waals surface area contributed by atoms with Crippen LogP contribution < -0.4 is 0 Å². The lowest BCUT2D eigenvalue weighted by molar-refractivity contribution is -0.137. The Morgan fingerprint density at radius 3 is 3.07 bits per heavy atom. The van der Waals surface area contributed by atoms with Crippen molar-refractivity contribution in [3.8, 4) is 0 Å². The maximum atomic E-state index is 10.8. The molecule has 7 heteroatoms. The molecular weight excluding hydrogens is 292 g/mol. The Balaban J connectivity index is 2.68. The lowest BCUT2D eigenvalue weighted by atomic mass is 10.7. The van der Waals surface area contributed by atoms with Gasteiger partial charge in [0.05, 0.1) is 17.3 Å². The average molecular weight is 298 g/mol. The Morgan fingerprint density at radius 2 is 2.43 bits per heavy atom. The number of thioether (sulfide) groups is 1. The monoisotopic (exact) mass is 296 g/mol. The standard InChI is InChI=1S/C7H6BrClN2O2S/c1-13-4(12)2-14-7-5(8)6(9)10-3-11-7/h3H,2H2,1H3. The van der Waals surface area contributed by atoms with Gasteiger partial charge in [0.15, 0.2) is 0 Å². The van der Waals surface area contributed by atoms with Crippen molar-refractivity contribution in [2.45, 2.75) is 5.03 Å². The molecule has 0 aromatic carbocycles. The molecule has 0 atom stereocenters. The minimum absolute atomic E-state index is 0.197. The Hall–Kier alpha value is -0.330. The summed E-state index contributed by atoms with van der Waals surface area (Å²) in [5, 5.41) is 0.947. The highest BCUT2D eigenvalue weighted by Gasteiger charge is 2.09. The molecule has 0 bridgehead atoms. The van der Waals surface area contributed by atoms with E-state index < -0.39 is 0 Å². The molecule has 0 N–H and O–H groups in total. The minimum atomic E-state index is -0.309. The molecule has 1 heterocycles. The molecule has 0 saturated heterocycles. The molecule has 0 aliphatic heterocycles. The largest absolute Gasteiger partial charge is 0.468 e. The zero-order valence-corrected chi connectivity index (χ0v) is 10.3. The van der Waals surface area contributed by atoms with E-state index >= 15 is 0 Å². The molecule has 0 aliphatic rings. The summed E-state index contributed by atoms with van der Waals surface area (Å²) in [5.74, 6) is -0.112. The first-order chi connectivity index (χ1) is 6.65. The van der Waals surface area contributed by atoms with Gasteiger partial charge in [-0.2, -0.15) is 0 Å². The second kappa shape index (κ2) is 5.53. The topological polar surface area (TPSA) is 52.1 Å². The number of carbonyl (C=O) groups excluding carboxylic acids is 1. The summed E-state index contributed by atoms with van der Waals surface area (Å²) < 4.78 is 5.08. The zero-order chi connectivity index (χ0) is 10.6. The van der Waals surface area contributed by atoms with Crippen LogP contribution in [0.4, 0.5) is 0 Å². The number of rotatable bonds is 3. The normalized spacial score (nSPS) is 9.93. The van der Waals surface area contributed by atoms with E-state index in [2.05, 4.69) is 30.6 Å². The van der Waals surface area contributed by atoms with Crippen molar-refractivity contribution < 1.29 is 9.53 Å². The highest BCUT2D eigenvalue weighted by atomic mass is 79.9. The summed E-state index contributed by atoms with van der Waals surface area (Å²) in [5.41, 5.74) is 0. The van der Waals surface area contributed by atoms with Gasteiger partial charge in [-0.05, 0) is 15.9 Å². The predicted molar refractivity (Wildman–Crippen MR) is 57.5 cm³/mol. The molecule has 4 nitrogen and oxygen atoms in total. The molecule has 0 saturated carbocycles. The van der Waals surface area contributed by atoms with Crippen molar-refractivity contribution in [2.24, 2.45) is 0 Å². The molecule has 1 aromatic rings. The van der Waals surface area contributed by atoms with Crippen LogP contribution in [0.5, 0.6) is 0 Å². The maximum Gasteiger partial charge on any atom is 0.316 e. The van der Waals surface area contributed by atoms with Crippen molar-refractivity contribution >= 4 is 45.3 Å². The summed E-state index contributed by atoms with van der Waals surface area (Å²) in [7, 11) is 1.34. The lowest BCUT2D eigenvalue weighted by Crippen LogP contribution is -2.03. The zero-order valence-electron chi connectivity index (χ0n) is 7.16. The number of hydrogen-bond acceptors (Lipinski definition) is 5. The van der Waals surface area contributed by atoms with Crippen LogP contribution in [0.3, 0.4) is 0 Å². The second-order valence-corrected chi connectivity index (χ2v) is 4.26. The van der Waals surface area contributed by atoms with Crippen LogP contribution in [0.2, 0.25) is 5.15 Å². The van der Waals surface area contributed by atoms with E-state index in [0.29, 0.717) is 14.7 Å². The first kappa shape index (κ1) is 11.7. The average Bonchev–Trinajstić information content (AvgIpc) is 2.20. The molecule has 0 fully saturated rings. The van der Waals surface area contributed by atoms with Gasteiger partial charge in [-0.15, -0.1) is 0 Å². The summed E-state index contributed by atoms with van der Waals surface area (Å²) in [6.45, 7) is 0. The van der Waals surface area contributed by atoms with E-state index in [-0.39, 0.29) is 11.7 Å². The predicted octanol–water partition coefficient (Wildman–Crippen LogP) is 2.16. The fourth-order valence-electron chi connectivity index (χ4n) is 0.620. The molecule has 14 heavy (non-hydrogen) atoms. The van der Waals surface area contributed by atoms with Gasteiger partial charge in [-0.3, -0.25) is 4.79 Å². The van der Waals surface area contributed by atoms with Gasteiger partial charge < -0.3 is 4.74 Å². The van der Waals surface area contributed by atoms with Gasteiger partial charge in [0.25, 0.3) is 0 Å². The van der Waals surface area contributed by atoms with Gasteiger partial charge in [0, 0.05) is 0 Å². The fraction of sp³-hybridized carbons (Fsp3) is 0.286. The fourth-order valence-corrected chi connectivity index (χ4v) is 2.08. The molecule has 0 amide bonds. The number of halogens is 2. The van der Waals surface area contributed by atoms with Crippen LogP contribution in [0, 0.1) is 0 Å². The third-order valence-electron chi connectivity index (χ3n) is 1.27. The van der Waals surface area contributed by atoms with Crippen LogP contribution in [0.15, 0.2) is 15.8 Å². The Bertz CT molecular complexity index is 350. The molecule has 1 aromatic heterocycles. The summed E-state index contributed by atoms with van der Waals surface area (Å²) in [6, 6.07) is 0. The Kier molecular flexibility index (Phi) is 4.64. The smallest absolute Gasteiger partial charge is 0.316 e. The van der Waals surface area contributed by atoms with E-state index in [1.807, 2.05) is 0 Å². The molecule has 0 unspecified atom stereocenters. The molecule has 76 valence electrons. The highest BCUT2D eigenvalue weighted by Crippen LogP contribution is 2.29. The van der Waals surface area contributed by atoms with E-state index in [9.17, 15) is 4.79 Å². The maximum absolute atomic E-state index is 10.8. The van der Waals surface area contributed by atoms with E-state index in [4.69, 9.17) is 11.6 Å². The van der Waals surface area contributed by atoms with E-state index in [1.165, 1.54) is 25.2 Å². The molecule has 0 radical (unpaired) electrons. The van der Waals surface area contributed by atoms with Crippen LogP contribution in [-0.4, -0.2) is 28.8 Å². The molecule has 0 spiro atoms. The van der Waals surface area contributed by atoms with Gasteiger partial charge in [0.1, 0.15) is 16.5 Å². The number of hydrogen-bond donors (Lipinski definition) is 0. The summed E-state index contributed by atoms with van der Waals surface area (Å²) >= 11 is 10.2. The Morgan fingerprint density at radius 1 is 1.71 bits per heavy atom. The SMILES string of the molecule is COC(=O)CSc1ncnc(Cl)c1Br. The van der Waals surface area contributed by atoms with E-state index in [0.717, 1.165) is 0 Å². The number of aromatic nitrogens is 2. The van der Waals surface area contributed by atoms with Crippen molar-refractivity contribution in [2.75, 3.05) is 12.9 Å². The highest BCUT2D eigenvalue weighted by molar-refractivity contribution is 9.10. The van der Waals surface area contributed by atoms with Gasteiger partial charge in [-0.1, -0.05) is 23.4 Å². The minimum Gasteiger partial charge on any atom is -0.468 e. The number of ether oxygens (including phenoxy) is 1. The number of esters is 1. The number of carbonyl (C=O) groups is 1. The van der Waals surface area contributed by atoms with Crippen LogP contribution in [-0.2, 0) is 9.53 Å². The van der Waals surface area contributed by atoms with Gasteiger partial charge in [-0.25, -0.2) is 9.97 Å². The van der Waals surface area contributed by atoms with Crippen LogP contribution in [0.1, 0.15) is 0 Å². The van der Waals surface area contributed by atoms with Crippen molar-refractivity contribution in [1.82, 2.24) is 9.97 Å². The Labute approximate surface area is 98.5 Å². The van der Waals surface area contributed by atoms with Gasteiger partial charge >= 0.3 is 5.97 Å². The third-order valence-corrected chi connectivity index (χ3v) is 3.76. The molecular formula is C7H6BrClN2O2S. The molecule has 1 rings (SSSR count). The van der Waals surface area contributed by atoms with Crippen molar-refractivity contribution in [1.29, 1.82) is 0 Å². The number of methoxy groups -OCH3 is 1. The molecule has 0 aliphatic carbocycles. The first-order valence-corrected chi connectivity index (χ1v) is 5.66. The van der Waals surface area contributed by atoms with Crippen LogP contribution >= 0.6 is 39.3 Å². The van der Waals surface area contributed by atoms with Crippen molar-refractivity contribution in [3.63, 3.8) is 0 Å². The van der Waals surface area contributed by atoms with Crippen LogP contribution in [0.25, 0.3) is 0 Å². The quantitative estimate of drug-likeness (QED) is 0.486. The lowest BCUT2D eigenvalue weighted by Gasteiger charge is -2.02. The second-order valence-electron chi connectivity index (χ2n) is 2.15. The van der Waals surface area contributed by atoms with E-state index in [1.54, 1.807) is 0 Å². The first-order valence-electron chi connectivity index (χ1n) is 3.50. The summed E-state index contributed by atoms with van der Waals surface area (Å²) in [6.07, 6.45) is 1.34. The number of nitrogens with zero attached hydrogens (tertiary/aromatic N) is 2. The third kappa shape index (κ3) is 3.11.